The van der Waals surface area contributed by atoms with Gasteiger partial charge < -0.3 is 8.83 Å². The monoisotopic (exact) mass is 414 g/mol. The Labute approximate surface area is 185 Å². The van der Waals surface area contributed by atoms with E-state index in [1.54, 1.807) is 0 Å². The van der Waals surface area contributed by atoms with Crippen LogP contribution in [0.3, 0.4) is 0 Å². The van der Waals surface area contributed by atoms with E-state index in [-0.39, 0.29) is 0 Å². The van der Waals surface area contributed by atoms with Crippen molar-refractivity contribution in [2.75, 3.05) is 0 Å². The van der Waals surface area contributed by atoms with E-state index >= 15 is 0 Å². The molecule has 0 atom stereocenters. The molecule has 2 nitrogen and oxygen atoms in total. The first-order valence-corrected chi connectivity index (χ1v) is 11.1. The van der Waals surface area contributed by atoms with Crippen LogP contribution in [0, 0.1) is 27.7 Å². The van der Waals surface area contributed by atoms with E-state index in [4.69, 9.17) is 8.83 Å². The van der Waals surface area contributed by atoms with Crippen molar-refractivity contribution in [3.63, 3.8) is 0 Å². The molecule has 2 heteroatoms. The van der Waals surface area contributed by atoms with Crippen LogP contribution in [0.1, 0.15) is 22.3 Å². The molecule has 0 saturated carbocycles. The van der Waals surface area contributed by atoms with E-state index in [9.17, 15) is 0 Å². The fraction of sp³-hybridized carbons (Fsp3) is 0.133. The zero-order valence-corrected chi connectivity index (χ0v) is 18.6. The van der Waals surface area contributed by atoms with Crippen molar-refractivity contribution < 1.29 is 8.83 Å². The Bertz CT molecular complexity index is 1770. The Hall–Kier alpha value is -3.78. The molecular formula is C30H22O2. The van der Waals surface area contributed by atoms with Gasteiger partial charge in [-0.25, -0.2) is 0 Å². The van der Waals surface area contributed by atoms with E-state index in [1.807, 2.05) is 0 Å². The third kappa shape index (κ3) is 2.05. The van der Waals surface area contributed by atoms with E-state index in [0.29, 0.717) is 0 Å². The molecule has 0 aliphatic heterocycles. The van der Waals surface area contributed by atoms with E-state index in [2.05, 4.69) is 88.4 Å². The lowest BCUT2D eigenvalue weighted by Gasteiger charge is -2.19. The summed E-state index contributed by atoms with van der Waals surface area (Å²) in [6.45, 7) is 8.52. The van der Waals surface area contributed by atoms with Gasteiger partial charge in [0, 0.05) is 32.3 Å². The molecule has 0 fully saturated rings. The van der Waals surface area contributed by atoms with Crippen molar-refractivity contribution >= 4 is 65.4 Å². The zero-order chi connectivity index (χ0) is 21.7. The molecule has 0 aliphatic carbocycles. The second-order valence-electron chi connectivity index (χ2n) is 9.13. The fourth-order valence-electron chi connectivity index (χ4n) is 5.55. The molecule has 0 aliphatic rings. The van der Waals surface area contributed by atoms with Crippen LogP contribution in [0.2, 0.25) is 0 Å². The molecule has 0 radical (unpaired) electrons. The van der Waals surface area contributed by atoms with Gasteiger partial charge in [-0.2, -0.15) is 0 Å². The summed E-state index contributed by atoms with van der Waals surface area (Å²) in [7, 11) is 0. The first kappa shape index (κ1) is 17.9. The summed E-state index contributed by atoms with van der Waals surface area (Å²) in [5.74, 6) is 0. The number of rotatable bonds is 0. The molecular weight excluding hydrogens is 392 g/mol. The number of aryl methyl sites for hydroxylation is 4. The third-order valence-corrected chi connectivity index (χ3v) is 7.12. The Balaban J connectivity index is 1.97. The quantitative estimate of drug-likeness (QED) is 0.183. The number of para-hydroxylation sites is 2. The molecule has 32 heavy (non-hydrogen) atoms. The minimum atomic E-state index is 0.959. The molecule has 154 valence electrons. The van der Waals surface area contributed by atoms with Gasteiger partial charge in [-0.3, -0.25) is 0 Å². The van der Waals surface area contributed by atoms with Crippen LogP contribution in [-0.2, 0) is 0 Å². The summed E-state index contributed by atoms with van der Waals surface area (Å²) in [4.78, 5) is 0. The lowest BCUT2D eigenvalue weighted by molar-refractivity contribution is 0.654. The molecule has 0 saturated heterocycles. The lowest BCUT2D eigenvalue weighted by atomic mass is 9.88. The highest BCUT2D eigenvalue weighted by atomic mass is 16.3. The first-order chi connectivity index (χ1) is 15.5. The van der Waals surface area contributed by atoms with Gasteiger partial charge in [-0.05, 0) is 60.7 Å². The van der Waals surface area contributed by atoms with Crippen molar-refractivity contribution in [3.8, 4) is 0 Å². The highest BCUT2D eigenvalue weighted by molar-refractivity contribution is 6.40. The van der Waals surface area contributed by atoms with Gasteiger partial charge in [-0.1, -0.05) is 60.7 Å². The molecule has 0 N–H and O–H groups in total. The SMILES string of the molecule is Cc1cccc2c1oc1c(C)ccc3c1c2c1ccc(C)c2oc4c(C)cccc4c3c21. The second-order valence-corrected chi connectivity index (χ2v) is 9.13. The summed E-state index contributed by atoms with van der Waals surface area (Å²) >= 11 is 0. The number of hydrogen-bond acceptors (Lipinski definition) is 2. The number of hydrogen-bond donors (Lipinski definition) is 0. The van der Waals surface area contributed by atoms with Crippen molar-refractivity contribution in [2.24, 2.45) is 0 Å². The number of fused-ring (bicyclic) bond motifs is 6. The highest BCUT2D eigenvalue weighted by Gasteiger charge is 2.22. The van der Waals surface area contributed by atoms with Crippen LogP contribution < -0.4 is 0 Å². The van der Waals surface area contributed by atoms with Crippen LogP contribution in [0.25, 0.3) is 65.4 Å². The maximum atomic E-state index is 6.61. The maximum Gasteiger partial charge on any atom is 0.138 e. The standard InChI is InChI=1S/C30H22O2/c1-15-7-5-9-21-23-19-13-12-18(4)30-26(19)24(22-10-6-8-16(2)28(22)32-30)20-14-11-17(3)29(25(20)23)31-27(15)21/h5-14H,1-4H3. The predicted molar refractivity (Wildman–Crippen MR) is 135 cm³/mol. The van der Waals surface area contributed by atoms with Crippen LogP contribution in [0.15, 0.2) is 69.5 Å². The van der Waals surface area contributed by atoms with Crippen LogP contribution in [0.4, 0.5) is 0 Å². The topological polar surface area (TPSA) is 26.3 Å². The largest absolute Gasteiger partial charge is 0.455 e. The van der Waals surface area contributed by atoms with E-state index in [1.165, 1.54) is 32.3 Å². The fourth-order valence-corrected chi connectivity index (χ4v) is 5.55. The van der Waals surface area contributed by atoms with E-state index < -0.39 is 0 Å². The summed E-state index contributed by atoms with van der Waals surface area (Å²) in [6, 6.07) is 21.8. The van der Waals surface area contributed by atoms with Crippen molar-refractivity contribution in [2.45, 2.75) is 27.7 Å². The van der Waals surface area contributed by atoms with Crippen molar-refractivity contribution in [1.82, 2.24) is 0 Å². The summed E-state index contributed by atoms with van der Waals surface area (Å²) in [5.41, 5.74) is 8.48. The lowest BCUT2D eigenvalue weighted by Crippen LogP contribution is -1.93. The van der Waals surface area contributed by atoms with Gasteiger partial charge in [0.1, 0.15) is 22.3 Å². The van der Waals surface area contributed by atoms with Crippen molar-refractivity contribution in [3.05, 3.63) is 82.9 Å². The van der Waals surface area contributed by atoms with Gasteiger partial charge >= 0.3 is 0 Å². The van der Waals surface area contributed by atoms with E-state index in [0.717, 1.165) is 55.4 Å². The summed E-state index contributed by atoms with van der Waals surface area (Å²) in [5, 5.41) is 9.68. The Morgan fingerprint density at radius 2 is 0.781 bits per heavy atom. The van der Waals surface area contributed by atoms with Gasteiger partial charge in [0.2, 0.25) is 0 Å². The Morgan fingerprint density at radius 1 is 0.375 bits per heavy atom. The van der Waals surface area contributed by atoms with Crippen LogP contribution in [0.5, 0.6) is 0 Å². The summed E-state index contributed by atoms with van der Waals surface area (Å²) in [6.07, 6.45) is 0. The van der Waals surface area contributed by atoms with Crippen LogP contribution >= 0.6 is 0 Å². The molecule has 7 rings (SSSR count). The Kier molecular flexibility index (Phi) is 3.30. The number of benzene rings is 5. The molecule has 2 aromatic heterocycles. The zero-order valence-electron chi connectivity index (χ0n) is 18.6. The molecule has 7 aromatic rings. The van der Waals surface area contributed by atoms with Gasteiger partial charge in [0.25, 0.3) is 0 Å². The summed E-state index contributed by atoms with van der Waals surface area (Å²) < 4.78 is 13.2. The second kappa shape index (κ2) is 5.92. The first-order valence-electron chi connectivity index (χ1n) is 11.1. The predicted octanol–water partition coefficient (Wildman–Crippen LogP) is 9.03. The van der Waals surface area contributed by atoms with Gasteiger partial charge in [0.05, 0.1) is 0 Å². The molecule has 0 spiro atoms. The molecule has 0 amide bonds. The van der Waals surface area contributed by atoms with Gasteiger partial charge in [0.15, 0.2) is 0 Å². The molecule has 5 aromatic carbocycles. The normalized spacial score (nSPS) is 12.4. The minimum absolute atomic E-state index is 0.959. The van der Waals surface area contributed by atoms with Crippen molar-refractivity contribution in [1.29, 1.82) is 0 Å². The molecule has 0 bridgehead atoms. The minimum Gasteiger partial charge on any atom is -0.455 e. The van der Waals surface area contributed by atoms with Gasteiger partial charge in [-0.15, -0.1) is 0 Å². The smallest absolute Gasteiger partial charge is 0.138 e. The third-order valence-electron chi connectivity index (χ3n) is 7.12. The Morgan fingerprint density at radius 3 is 1.22 bits per heavy atom. The average molecular weight is 415 g/mol. The molecule has 0 unspecified atom stereocenters. The highest BCUT2D eigenvalue weighted by Crippen LogP contribution is 2.47. The maximum absolute atomic E-state index is 6.61. The molecule has 2 heterocycles. The average Bonchev–Trinajstić information content (AvgIpc) is 2.79. The van der Waals surface area contributed by atoms with Crippen LogP contribution in [-0.4, -0.2) is 0 Å².